The summed E-state index contributed by atoms with van der Waals surface area (Å²) in [4.78, 5) is 10.5. The molecular formula is C9H9BrO4. The number of halogens is 1. The number of aryl methyl sites for hydroxylation is 1. The Morgan fingerprint density at radius 1 is 1.50 bits per heavy atom. The van der Waals surface area contributed by atoms with Gasteiger partial charge in [-0.05, 0) is 18.6 Å². The molecule has 0 saturated heterocycles. The fraction of sp³-hybridized carbons (Fsp3) is 0.222. The van der Waals surface area contributed by atoms with E-state index in [4.69, 9.17) is 5.11 Å². The number of phenols is 1. The topological polar surface area (TPSA) is 77.8 Å². The molecule has 14 heavy (non-hydrogen) atoms. The molecule has 0 aliphatic heterocycles. The Morgan fingerprint density at radius 2 is 2.07 bits per heavy atom. The lowest BCUT2D eigenvalue weighted by atomic mass is 10.1. The highest BCUT2D eigenvalue weighted by Gasteiger charge is 2.23. The van der Waals surface area contributed by atoms with Gasteiger partial charge in [-0.2, -0.15) is 0 Å². The van der Waals surface area contributed by atoms with E-state index in [-0.39, 0.29) is 11.3 Å². The molecule has 0 saturated carbocycles. The average molecular weight is 261 g/mol. The Morgan fingerprint density at radius 3 is 2.57 bits per heavy atom. The van der Waals surface area contributed by atoms with Gasteiger partial charge in [-0.25, -0.2) is 4.79 Å². The minimum absolute atomic E-state index is 0.0162. The zero-order chi connectivity index (χ0) is 10.9. The van der Waals surface area contributed by atoms with Gasteiger partial charge >= 0.3 is 5.97 Å². The van der Waals surface area contributed by atoms with E-state index in [1.807, 2.05) is 0 Å². The molecule has 0 spiro atoms. The van der Waals surface area contributed by atoms with Crippen LogP contribution in [0.4, 0.5) is 0 Å². The van der Waals surface area contributed by atoms with E-state index >= 15 is 0 Å². The molecule has 0 fully saturated rings. The summed E-state index contributed by atoms with van der Waals surface area (Å²) in [6.45, 7) is 1.62. The molecule has 0 aliphatic carbocycles. The molecule has 0 bridgehead atoms. The van der Waals surface area contributed by atoms with E-state index in [1.165, 1.54) is 0 Å². The zero-order valence-corrected chi connectivity index (χ0v) is 8.95. The van der Waals surface area contributed by atoms with Gasteiger partial charge in [-0.3, -0.25) is 0 Å². The van der Waals surface area contributed by atoms with E-state index in [0.717, 1.165) is 0 Å². The van der Waals surface area contributed by atoms with Gasteiger partial charge in [0.15, 0.2) is 6.10 Å². The fourth-order valence-electron chi connectivity index (χ4n) is 1.08. The Hall–Kier alpha value is -1.07. The highest BCUT2D eigenvalue weighted by Crippen LogP contribution is 2.34. The predicted octanol–water partition coefficient (Wildman–Crippen LogP) is 1.58. The summed E-state index contributed by atoms with van der Waals surface area (Å²) < 4.78 is 0.371. The van der Waals surface area contributed by atoms with E-state index in [9.17, 15) is 15.0 Å². The first-order valence-corrected chi connectivity index (χ1v) is 4.63. The number of phenolic OH excluding ortho intramolecular Hbond substituents is 1. The SMILES string of the molecule is Cc1ccc(Br)c(C(O)C(=O)O)c1O. The standard InChI is InChI=1S/C9H9BrO4/c1-4-2-3-5(10)6(7(4)11)8(12)9(13)14/h2-3,8,11-12H,1H3,(H,13,14). The van der Waals surface area contributed by atoms with Crippen LogP contribution in [0.15, 0.2) is 16.6 Å². The van der Waals surface area contributed by atoms with Gasteiger partial charge in [0.2, 0.25) is 0 Å². The summed E-state index contributed by atoms with van der Waals surface area (Å²) in [7, 11) is 0. The lowest BCUT2D eigenvalue weighted by Gasteiger charge is -2.12. The molecule has 1 aromatic carbocycles. The van der Waals surface area contributed by atoms with Crippen molar-refractivity contribution in [1.82, 2.24) is 0 Å². The average Bonchev–Trinajstić information content (AvgIpc) is 2.12. The molecule has 0 amide bonds. The zero-order valence-electron chi connectivity index (χ0n) is 7.36. The molecule has 4 nitrogen and oxygen atoms in total. The molecular weight excluding hydrogens is 252 g/mol. The van der Waals surface area contributed by atoms with Crippen LogP contribution in [0.1, 0.15) is 17.2 Å². The fourth-order valence-corrected chi connectivity index (χ4v) is 1.61. The Bertz CT molecular complexity index is 375. The first-order valence-electron chi connectivity index (χ1n) is 3.84. The van der Waals surface area contributed by atoms with Gasteiger partial charge in [0.05, 0.1) is 0 Å². The van der Waals surface area contributed by atoms with Gasteiger partial charge in [-0.1, -0.05) is 22.0 Å². The number of aliphatic hydroxyl groups excluding tert-OH is 1. The van der Waals surface area contributed by atoms with Crippen LogP contribution < -0.4 is 0 Å². The van der Waals surface area contributed by atoms with Crippen LogP contribution >= 0.6 is 15.9 Å². The maximum Gasteiger partial charge on any atom is 0.337 e. The van der Waals surface area contributed by atoms with Crippen molar-refractivity contribution in [3.63, 3.8) is 0 Å². The second kappa shape index (κ2) is 3.98. The molecule has 3 N–H and O–H groups in total. The minimum atomic E-state index is -1.72. The van der Waals surface area contributed by atoms with Crippen LogP contribution in [0, 0.1) is 6.92 Å². The lowest BCUT2D eigenvalue weighted by molar-refractivity contribution is -0.147. The number of rotatable bonds is 2. The predicted molar refractivity (Wildman–Crippen MR) is 53.1 cm³/mol. The number of carboxylic acids is 1. The second-order valence-corrected chi connectivity index (χ2v) is 3.72. The van der Waals surface area contributed by atoms with E-state index in [1.54, 1.807) is 19.1 Å². The molecule has 76 valence electrons. The van der Waals surface area contributed by atoms with E-state index in [2.05, 4.69) is 15.9 Å². The largest absolute Gasteiger partial charge is 0.507 e. The smallest absolute Gasteiger partial charge is 0.337 e. The first-order chi connectivity index (χ1) is 6.45. The summed E-state index contributed by atoms with van der Waals surface area (Å²) >= 11 is 3.07. The van der Waals surface area contributed by atoms with Crippen LogP contribution in [0.3, 0.4) is 0 Å². The number of hydrogen-bond acceptors (Lipinski definition) is 3. The molecule has 0 radical (unpaired) electrons. The second-order valence-electron chi connectivity index (χ2n) is 2.87. The number of carboxylic acid groups (broad SMARTS) is 1. The maximum absolute atomic E-state index is 10.5. The van der Waals surface area contributed by atoms with Crippen molar-refractivity contribution in [3.8, 4) is 5.75 Å². The number of carbonyl (C=O) groups is 1. The molecule has 0 aromatic heterocycles. The van der Waals surface area contributed by atoms with Crippen LogP contribution in [-0.4, -0.2) is 21.3 Å². The van der Waals surface area contributed by atoms with Crippen molar-refractivity contribution >= 4 is 21.9 Å². The van der Waals surface area contributed by atoms with E-state index < -0.39 is 12.1 Å². The molecule has 1 aromatic rings. The minimum Gasteiger partial charge on any atom is -0.507 e. The third-order valence-electron chi connectivity index (χ3n) is 1.87. The van der Waals surface area contributed by atoms with Crippen molar-refractivity contribution < 1.29 is 20.1 Å². The summed E-state index contributed by atoms with van der Waals surface area (Å²) in [6, 6.07) is 3.20. The number of aliphatic hydroxyl groups is 1. The van der Waals surface area contributed by atoms with E-state index in [0.29, 0.717) is 10.0 Å². The number of benzene rings is 1. The summed E-state index contributed by atoms with van der Waals surface area (Å²) in [5, 5.41) is 27.4. The first kappa shape index (κ1) is 11.0. The molecule has 0 aliphatic rings. The van der Waals surface area contributed by atoms with Crippen molar-refractivity contribution in [2.45, 2.75) is 13.0 Å². The molecule has 1 atom stereocenters. The van der Waals surface area contributed by atoms with Crippen molar-refractivity contribution in [2.24, 2.45) is 0 Å². The van der Waals surface area contributed by atoms with Crippen molar-refractivity contribution in [2.75, 3.05) is 0 Å². The maximum atomic E-state index is 10.5. The van der Waals surface area contributed by atoms with Gasteiger partial charge in [0.25, 0.3) is 0 Å². The van der Waals surface area contributed by atoms with Crippen LogP contribution in [0.5, 0.6) is 5.75 Å². The highest BCUT2D eigenvalue weighted by atomic mass is 79.9. The van der Waals surface area contributed by atoms with Crippen LogP contribution in [-0.2, 0) is 4.79 Å². The van der Waals surface area contributed by atoms with Crippen molar-refractivity contribution in [3.05, 3.63) is 27.7 Å². The highest BCUT2D eigenvalue weighted by molar-refractivity contribution is 9.10. The number of hydrogen-bond donors (Lipinski definition) is 3. The third kappa shape index (κ3) is 1.88. The Kier molecular flexibility index (Phi) is 3.13. The number of aliphatic carboxylic acids is 1. The summed E-state index contributed by atoms with van der Waals surface area (Å²) in [5.41, 5.74) is 0.501. The number of aromatic hydroxyl groups is 1. The Balaban J connectivity index is 3.32. The lowest BCUT2D eigenvalue weighted by Crippen LogP contribution is -2.11. The quantitative estimate of drug-likeness (QED) is 0.755. The van der Waals surface area contributed by atoms with Crippen LogP contribution in [0.2, 0.25) is 0 Å². The molecule has 1 rings (SSSR count). The molecule has 5 heteroatoms. The monoisotopic (exact) mass is 260 g/mol. The van der Waals surface area contributed by atoms with Crippen LogP contribution in [0.25, 0.3) is 0 Å². The van der Waals surface area contributed by atoms with Crippen molar-refractivity contribution in [1.29, 1.82) is 0 Å². The third-order valence-corrected chi connectivity index (χ3v) is 2.56. The van der Waals surface area contributed by atoms with Gasteiger partial charge in [-0.15, -0.1) is 0 Å². The van der Waals surface area contributed by atoms with Gasteiger partial charge < -0.3 is 15.3 Å². The molecule has 1 unspecified atom stereocenters. The summed E-state index contributed by atoms with van der Waals surface area (Å²) in [6.07, 6.45) is -1.72. The van der Waals surface area contributed by atoms with Gasteiger partial charge in [0, 0.05) is 10.0 Å². The normalized spacial score (nSPS) is 12.5. The Labute approximate surface area is 88.9 Å². The van der Waals surface area contributed by atoms with Gasteiger partial charge in [0.1, 0.15) is 5.75 Å². The molecule has 0 heterocycles. The summed E-state index contributed by atoms with van der Waals surface area (Å²) in [5.74, 6) is -1.60.